The molecule has 0 amide bonds. The number of imidazole rings is 1. The maximum absolute atomic E-state index is 13.2. The smallest absolute Gasteiger partial charge is 0.258 e. The van der Waals surface area contributed by atoms with Gasteiger partial charge in [0.1, 0.15) is 0 Å². The largest absolute Gasteiger partial charge is 0.450 e. The van der Waals surface area contributed by atoms with Crippen LogP contribution in [0.4, 0.5) is 32.0 Å². The molecule has 0 N–H and O–H groups in total. The van der Waals surface area contributed by atoms with Crippen LogP contribution in [0.2, 0.25) is 0 Å². The van der Waals surface area contributed by atoms with E-state index in [0.29, 0.717) is 0 Å². The highest BCUT2D eigenvalue weighted by molar-refractivity contribution is 7.90. The van der Waals surface area contributed by atoms with E-state index in [0.717, 1.165) is 0 Å². The Balaban J connectivity index is 3.07. The van der Waals surface area contributed by atoms with Crippen molar-refractivity contribution in [2.75, 3.05) is 5.75 Å². The van der Waals surface area contributed by atoms with E-state index in [9.17, 15) is 44.9 Å². The monoisotopic (exact) mass is 405 g/mol. The molecule has 2 aromatic rings. The zero-order valence-electron chi connectivity index (χ0n) is 12.7. The Morgan fingerprint density at radius 2 is 1.73 bits per heavy atom. The van der Waals surface area contributed by atoms with E-state index in [1.54, 1.807) is 0 Å². The molecule has 0 aliphatic rings. The molecule has 0 bridgehead atoms. The van der Waals surface area contributed by atoms with Gasteiger partial charge in [0.25, 0.3) is 5.69 Å². The van der Waals surface area contributed by atoms with Crippen molar-refractivity contribution in [3.05, 3.63) is 33.6 Å². The molecule has 0 aliphatic carbocycles. The highest BCUT2D eigenvalue weighted by atomic mass is 32.2. The molecule has 0 spiro atoms. The van der Waals surface area contributed by atoms with E-state index in [2.05, 4.69) is 4.98 Å². The van der Waals surface area contributed by atoms with Crippen LogP contribution >= 0.6 is 0 Å². The normalized spacial score (nSPS) is 13.3. The minimum atomic E-state index is -5.37. The summed E-state index contributed by atoms with van der Waals surface area (Å²) in [6, 6.07) is 0.109. The SMILES string of the molecule is CCCS(=O)(=O)n1c(C(F)(F)F)nc2cc(C(F)(F)F)cc([N+](=O)[O-])c21. The summed E-state index contributed by atoms with van der Waals surface area (Å²) in [6.07, 6.45) is -10.6. The second kappa shape index (κ2) is 6.10. The van der Waals surface area contributed by atoms with E-state index in [1.165, 1.54) is 6.92 Å². The fraction of sp³-hybridized carbons (Fsp3) is 0.417. The molecule has 0 saturated carbocycles. The topological polar surface area (TPSA) is 95.1 Å². The Kier molecular flexibility index (Phi) is 4.68. The van der Waals surface area contributed by atoms with Crippen LogP contribution in [0.5, 0.6) is 0 Å². The van der Waals surface area contributed by atoms with E-state index in [1.807, 2.05) is 0 Å². The molecule has 1 heterocycles. The predicted molar refractivity (Wildman–Crippen MR) is 75.9 cm³/mol. The number of alkyl halides is 6. The van der Waals surface area contributed by atoms with E-state index in [4.69, 9.17) is 0 Å². The van der Waals surface area contributed by atoms with Crippen molar-refractivity contribution in [1.29, 1.82) is 0 Å². The number of fused-ring (bicyclic) bond motifs is 1. The molecule has 0 atom stereocenters. The molecule has 2 rings (SSSR count). The number of halogens is 6. The first-order valence-corrected chi connectivity index (χ1v) is 8.39. The molecule has 1 aromatic heterocycles. The van der Waals surface area contributed by atoms with Gasteiger partial charge < -0.3 is 0 Å². The lowest BCUT2D eigenvalue weighted by molar-refractivity contribution is -0.383. The minimum absolute atomic E-state index is 0.0257. The molecule has 0 fully saturated rings. The maximum Gasteiger partial charge on any atom is 0.450 e. The minimum Gasteiger partial charge on any atom is -0.258 e. The lowest BCUT2D eigenvalue weighted by atomic mass is 10.1. The molecule has 0 unspecified atom stereocenters. The third-order valence-corrected chi connectivity index (χ3v) is 5.05. The van der Waals surface area contributed by atoms with Crippen LogP contribution in [0.3, 0.4) is 0 Å². The summed E-state index contributed by atoms with van der Waals surface area (Å²) in [5.74, 6) is -2.87. The van der Waals surface area contributed by atoms with Crippen LogP contribution in [0, 0.1) is 10.1 Å². The number of non-ortho nitro benzene ring substituents is 1. The van der Waals surface area contributed by atoms with Crippen LogP contribution in [-0.4, -0.2) is 28.1 Å². The van der Waals surface area contributed by atoms with Crippen molar-refractivity contribution in [3.8, 4) is 0 Å². The van der Waals surface area contributed by atoms with E-state index >= 15 is 0 Å². The third kappa shape index (κ3) is 3.45. The molecule has 0 radical (unpaired) electrons. The highest BCUT2D eigenvalue weighted by Gasteiger charge is 2.43. The average Bonchev–Trinajstić information content (AvgIpc) is 2.85. The summed E-state index contributed by atoms with van der Waals surface area (Å²) in [7, 11) is -4.76. The van der Waals surface area contributed by atoms with Crippen molar-refractivity contribution in [3.63, 3.8) is 0 Å². The third-order valence-electron chi connectivity index (χ3n) is 3.21. The standard InChI is InChI=1S/C12H9F6N3O4S/c1-2-3-26(24,25)20-9-7(19-10(20)12(16,17)18)4-6(11(13,14)15)5-8(9)21(22)23/h4-5H,2-3H2,1H3. The van der Waals surface area contributed by atoms with Crippen molar-refractivity contribution in [1.82, 2.24) is 8.96 Å². The zero-order chi connectivity index (χ0) is 20.1. The van der Waals surface area contributed by atoms with Crippen LogP contribution in [0.15, 0.2) is 12.1 Å². The fourth-order valence-corrected chi connectivity index (χ4v) is 3.84. The van der Waals surface area contributed by atoms with Gasteiger partial charge in [0.05, 0.1) is 21.8 Å². The van der Waals surface area contributed by atoms with Gasteiger partial charge in [0.2, 0.25) is 15.8 Å². The Bertz CT molecular complexity index is 977. The summed E-state index contributed by atoms with van der Waals surface area (Å²) >= 11 is 0. The average molecular weight is 405 g/mol. The van der Waals surface area contributed by atoms with Crippen LogP contribution < -0.4 is 0 Å². The highest BCUT2D eigenvalue weighted by Crippen LogP contribution is 2.40. The Hall–Kier alpha value is -2.38. The van der Waals surface area contributed by atoms with Gasteiger partial charge in [-0.05, 0) is 12.5 Å². The zero-order valence-corrected chi connectivity index (χ0v) is 13.5. The van der Waals surface area contributed by atoms with Gasteiger partial charge in [-0.15, -0.1) is 0 Å². The van der Waals surface area contributed by atoms with Crippen molar-refractivity contribution < 1.29 is 39.7 Å². The van der Waals surface area contributed by atoms with Crippen LogP contribution in [-0.2, 0) is 22.4 Å². The number of rotatable bonds is 4. The number of nitro benzene ring substituents is 1. The maximum atomic E-state index is 13.2. The quantitative estimate of drug-likeness (QED) is 0.440. The summed E-state index contributed by atoms with van der Waals surface area (Å²) < 4.78 is 102. The lowest BCUT2D eigenvalue weighted by Crippen LogP contribution is -2.24. The first-order chi connectivity index (χ1) is 11.7. The van der Waals surface area contributed by atoms with Gasteiger partial charge in [-0.2, -0.15) is 26.3 Å². The number of aromatic nitrogens is 2. The van der Waals surface area contributed by atoms with Crippen molar-refractivity contribution >= 4 is 26.7 Å². The number of nitrogens with zero attached hydrogens (tertiary/aromatic N) is 3. The fourth-order valence-electron chi connectivity index (χ4n) is 2.26. The Morgan fingerprint density at radius 3 is 2.15 bits per heavy atom. The van der Waals surface area contributed by atoms with Gasteiger partial charge in [-0.25, -0.2) is 17.4 Å². The Morgan fingerprint density at radius 1 is 1.15 bits per heavy atom. The first-order valence-electron chi connectivity index (χ1n) is 6.78. The lowest BCUT2D eigenvalue weighted by Gasteiger charge is -2.12. The molecule has 7 nitrogen and oxygen atoms in total. The first kappa shape index (κ1) is 19.9. The molecule has 1 aromatic carbocycles. The molecular weight excluding hydrogens is 396 g/mol. The van der Waals surface area contributed by atoms with Gasteiger partial charge in [0.15, 0.2) is 5.52 Å². The number of nitro groups is 1. The number of hydrogen-bond acceptors (Lipinski definition) is 5. The molecular formula is C12H9F6N3O4S. The second-order valence-electron chi connectivity index (χ2n) is 5.13. The number of benzene rings is 1. The second-order valence-corrected chi connectivity index (χ2v) is 7.07. The molecule has 26 heavy (non-hydrogen) atoms. The predicted octanol–water partition coefficient (Wildman–Crippen LogP) is 3.57. The summed E-state index contributed by atoms with van der Waals surface area (Å²) in [5.41, 5.74) is -5.33. The van der Waals surface area contributed by atoms with E-state index in [-0.39, 0.29) is 18.6 Å². The van der Waals surface area contributed by atoms with Gasteiger partial charge >= 0.3 is 12.4 Å². The van der Waals surface area contributed by atoms with Gasteiger partial charge in [-0.3, -0.25) is 10.1 Å². The summed E-state index contributed by atoms with van der Waals surface area (Å²) in [5, 5.41) is 11.1. The molecule has 0 saturated heterocycles. The Labute approximate surface area is 141 Å². The molecule has 14 heteroatoms. The number of hydrogen-bond donors (Lipinski definition) is 0. The molecule has 144 valence electrons. The summed E-state index contributed by atoms with van der Waals surface area (Å²) in [4.78, 5) is 12.6. The van der Waals surface area contributed by atoms with Crippen LogP contribution in [0.25, 0.3) is 11.0 Å². The van der Waals surface area contributed by atoms with Gasteiger partial charge in [-0.1, -0.05) is 6.92 Å². The van der Waals surface area contributed by atoms with Crippen LogP contribution in [0.1, 0.15) is 24.7 Å². The van der Waals surface area contributed by atoms with Gasteiger partial charge in [0, 0.05) is 6.07 Å². The van der Waals surface area contributed by atoms with Crippen molar-refractivity contribution in [2.45, 2.75) is 25.7 Å². The summed E-state index contributed by atoms with van der Waals surface area (Å²) in [6.45, 7) is 1.33. The van der Waals surface area contributed by atoms with E-state index < -0.39 is 65.1 Å². The van der Waals surface area contributed by atoms with Crippen molar-refractivity contribution in [2.24, 2.45) is 0 Å². The molecule has 0 aliphatic heterocycles.